The Labute approximate surface area is 312 Å². The topological polar surface area (TPSA) is 115 Å². The molecule has 5 aromatic rings. The van der Waals surface area contributed by atoms with Crippen LogP contribution in [-0.2, 0) is 15.6 Å². The number of aryl methyl sites for hydroxylation is 2. The first-order valence-electron chi connectivity index (χ1n) is 18.3. The molecule has 11 heteroatoms. The van der Waals surface area contributed by atoms with Crippen molar-refractivity contribution in [2.45, 2.75) is 38.1 Å². The molecule has 1 amide bonds. The standard InChI is InChI=1S/C42H48N6O4S/c1-7-44-35-25-38-33(23-27(35)3)42(34-24-28(4)36(45-8-2)26-39(34)52-38)32-16-10-9-13-31(32)41(49)48(42)22-21-43-19-20-46-53(50,51)40-18-12-14-29-30(40)15-11-17-37(29)47(5)6/h9-18,23-26,43-46H,7-8,19-22H2,1-6H3. The van der Waals surface area contributed by atoms with E-state index in [1.165, 1.54) is 0 Å². The highest BCUT2D eigenvalue weighted by Crippen LogP contribution is 2.58. The lowest BCUT2D eigenvalue weighted by atomic mass is 9.73. The number of hydrogen-bond donors (Lipinski definition) is 4. The highest BCUT2D eigenvalue weighted by atomic mass is 32.2. The number of anilines is 3. The third kappa shape index (κ3) is 6.16. The molecule has 0 saturated heterocycles. The average Bonchev–Trinajstić information content (AvgIpc) is 3.38. The molecule has 0 unspecified atom stereocenters. The van der Waals surface area contributed by atoms with Gasteiger partial charge in [0, 0.05) is 110 Å². The van der Waals surface area contributed by atoms with E-state index in [1.807, 2.05) is 66.4 Å². The molecule has 0 fully saturated rings. The van der Waals surface area contributed by atoms with Gasteiger partial charge in [0.15, 0.2) is 0 Å². The quantitative estimate of drug-likeness (QED) is 0.0978. The Morgan fingerprint density at radius 2 is 1.36 bits per heavy atom. The first-order valence-corrected chi connectivity index (χ1v) is 19.8. The number of sulfonamides is 1. The van der Waals surface area contributed by atoms with Crippen LogP contribution < -0.4 is 30.3 Å². The molecule has 5 aromatic carbocycles. The fourth-order valence-electron chi connectivity index (χ4n) is 7.97. The highest BCUT2D eigenvalue weighted by Gasteiger charge is 2.56. The van der Waals surface area contributed by atoms with Gasteiger partial charge < -0.3 is 30.5 Å². The Morgan fingerprint density at radius 1 is 0.736 bits per heavy atom. The van der Waals surface area contributed by atoms with Crippen molar-refractivity contribution in [3.8, 4) is 11.5 Å². The predicted octanol–water partition coefficient (Wildman–Crippen LogP) is 6.81. The number of nitrogens with zero attached hydrogens (tertiary/aromatic N) is 2. The smallest absolute Gasteiger partial charge is 0.255 e. The first kappa shape index (κ1) is 36.3. The maximum atomic E-state index is 14.5. The third-order valence-corrected chi connectivity index (χ3v) is 11.8. The summed E-state index contributed by atoms with van der Waals surface area (Å²) >= 11 is 0. The predicted molar refractivity (Wildman–Crippen MR) is 214 cm³/mol. The third-order valence-electron chi connectivity index (χ3n) is 10.3. The molecule has 0 bridgehead atoms. The van der Waals surface area contributed by atoms with Gasteiger partial charge in [0.25, 0.3) is 5.91 Å². The Balaban J connectivity index is 1.18. The van der Waals surface area contributed by atoms with Gasteiger partial charge in [0.05, 0.1) is 4.90 Å². The van der Waals surface area contributed by atoms with Crippen LogP contribution in [0.25, 0.3) is 10.8 Å². The van der Waals surface area contributed by atoms with E-state index in [1.54, 1.807) is 12.1 Å². The Bertz CT molecular complexity index is 2260. The Kier molecular flexibility index (Phi) is 9.84. The van der Waals surface area contributed by atoms with Gasteiger partial charge in [-0.15, -0.1) is 0 Å². The molecule has 0 aromatic heterocycles. The molecule has 276 valence electrons. The van der Waals surface area contributed by atoms with Gasteiger partial charge in [-0.2, -0.15) is 0 Å². The SMILES string of the molecule is CCNc1cc2c(cc1C)C1(c3cc(C)c(NCC)cc3O2)c2ccccc2C(=O)N1CCNCCNS(=O)(=O)c1cccc2c(N(C)C)cccc12. The molecule has 0 atom stereocenters. The van der Waals surface area contributed by atoms with E-state index in [2.05, 4.69) is 78.7 Å². The van der Waals surface area contributed by atoms with Gasteiger partial charge in [-0.3, -0.25) is 4.79 Å². The zero-order valence-electron chi connectivity index (χ0n) is 31.3. The normalized spacial score (nSPS) is 14.2. The zero-order chi connectivity index (χ0) is 37.5. The van der Waals surface area contributed by atoms with E-state index in [0.29, 0.717) is 42.1 Å². The van der Waals surface area contributed by atoms with Crippen molar-refractivity contribution in [2.75, 3.05) is 68.9 Å². The summed E-state index contributed by atoms with van der Waals surface area (Å²) in [5, 5.41) is 11.9. The Morgan fingerprint density at radius 3 is 2.00 bits per heavy atom. The molecule has 7 rings (SSSR count). The number of carbonyl (C=O) groups excluding carboxylic acids is 1. The molecule has 10 nitrogen and oxygen atoms in total. The number of carbonyl (C=O) groups is 1. The number of ether oxygens (including phenoxy) is 1. The number of rotatable bonds is 13. The van der Waals surface area contributed by atoms with Crippen LogP contribution in [0.3, 0.4) is 0 Å². The summed E-state index contributed by atoms with van der Waals surface area (Å²) in [6.45, 7) is 11.2. The van der Waals surface area contributed by atoms with Crippen molar-refractivity contribution in [3.05, 3.63) is 118 Å². The van der Waals surface area contributed by atoms with Gasteiger partial charge in [0.1, 0.15) is 17.0 Å². The summed E-state index contributed by atoms with van der Waals surface area (Å²) in [6.07, 6.45) is 0. The molecule has 2 aliphatic rings. The van der Waals surface area contributed by atoms with Gasteiger partial charge in [-0.25, -0.2) is 13.1 Å². The van der Waals surface area contributed by atoms with Crippen LogP contribution in [0.5, 0.6) is 11.5 Å². The molecule has 0 radical (unpaired) electrons. The van der Waals surface area contributed by atoms with Gasteiger partial charge in [0.2, 0.25) is 10.0 Å². The average molecular weight is 733 g/mol. The number of benzene rings is 5. The molecular formula is C42H48N6O4S. The lowest BCUT2D eigenvalue weighted by Gasteiger charge is -2.45. The maximum absolute atomic E-state index is 14.5. The van der Waals surface area contributed by atoms with Crippen molar-refractivity contribution >= 4 is 43.8 Å². The van der Waals surface area contributed by atoms with Crippen LogP contribution in [0.15, 0.2) is 89.8 Å². The molecule has 2 aliphatic heterocycles. The van der Waals surface area contributed by atoms with Crippen molar-refractivity contribution in [3.63, 3.8) is 0 Å². The van der Waals surface area contributed by atoms with Gasteiger partial charge in [-0.1, -0.05) is 42.5 Å². The largest absolute Gasteiger partial charge is 0.456 e. The fraction of sp³-hybridized carbons (Fsp3) is 0.310. The van der Waals surface area contributed by atoms with Crippen LogP contribution in [0.2, 0.25) is 0 Å². The maximum Gasteiger partial charge on any atom is 0.255 e. The van der Waals surface area contributed by atoms with Crippen molar-refractivity contribution in [1.82, 2.24) is 14.9 Å². The van der Waals surface area contributed by atoms with Crippen LogP contribution in [0, 0.1) is 13.8 Å². The van der Waals surface area contributed by atoms with E-state index in [4.69, 9.17) is 4.74 Å². The van der Waals surface area contributed by atoms with E-state index in [0.717, 1.165) is 63.4 Å². The van der Waals surface area contributed by atoms with Crippen LogP contribution >= 0.6 is 0 Å². The molecule has 0 saturated carbocycles. The summed E-state index contributed by atoms with van der Waals surface area (Å²) in [5.41, 5.74) is 7.51. The molecular weight excluding hydrogens is 685 g/mol. The van der Waals surface area contributed by atoms with Crippen LogP contribution in [-0.4, -0.2) is 72.6 Å². The molecule has 2 heterocycles. The van der Waals surface area contributed by atoms with E-state index in [-0.39, 0.29) is 17.3 Å². The van der Waals surface area contributed by atoms with Gasteiger partial charge in [-0.05, 0) is 74.7 Å². The highest BCUT2D eigenvalue weighted by molar-refractivity contribution is 7.89. The number of amides is 1. The summed E-state index contributed by atoms with van der Waals surface area (Å²) in [5.74, 6) is 1.35. The zero-order valence-corrected chi connectivity index (χ0v) is 32.1. The molecule has 1 spiro atoms. The second kappa shape index (κ2) is 14.4. The summed E-state index contributed by atoms with van der Waals surface area (Å²) in [4.78, 5) is 18.7. The second-order valence-corrected chi connectivity index (χ2v) is 15.6. The lowest BCUT2D eigenvalue weighted by molar-refractivity contribution is 0.0668. The monoisotopic (exact) mass is 732 g/mol. The van der Waals surface area contributed by atoms with Crippen LogP contribution in [0.1, 0.15) is 52.0 Å². The molecule has 53 heavy (non-hydrogen) atoms. The van der Waals surface area contributed by atoms with Crippen molar-refractivity contribution in [1.29, 1.82) is 0 Å². The van der Waals surface area contributed by atoms with Crippen molar-refractivity contribution < 1.29 is 17.9 Å². The minimum absolute atomic E-state index is 0.0585. The fourth-order valence-corrected chi connectivity index (χ4v) is 9.22. The van der Waals surface area contributed by atoms with E-state index < -0.39 is 15.6 Å². The number of hydrogen-bond acceptors (Lipinski definition) is 8. The van der Waals surface area contributed by atoms with E-state index in [9.17, 15) is 13.2 Å². The summed E-state index contributed by atoms with van der Waals surface area (Å²) in [7, 11) is 0.100. The Hall–Kier alpha value is -5.10. The summed E-state index contributed by atoms with van der Waals surface area (Å²) < 4.78 is 36.6. The summed E-state index contributed by atoms with van der Waals surface area (Å²) in [6, 6.07) is 27.3. The lowest BCUT2D eigenvalue weighted by Crippen LogP contribution is -2.50. The van der Waals surface area contributed by atoms with E-state index >= 15 is 0 Å². The number of nitrogens with one attached hydrogen (secondary N) is 4. The van der Waals surface area contributed by atoms with Crippen LogP contribution in [0.4, 0.5) is 17.1 Å². The minimum atomic E-state index is -3.79. The number of fused-ring (bicyclic) bond motifs is 7. The van der Waals surface area contributed by atoms with Gasteiger partial charge >= 0.3 is 0 Å². The molecule has 0 aliphatic carbocycles. The van der Waals surface area contributed by atoms with Crippen molar-refractivity contribution in [2.24, 2.45) is 0 Å². The molecule has 4 N–H and O–H groups in total. The first-order chi connectivity index (χ1) is 25.5. The minimum Gasteiger partial charge on any atom is -0.456 e. The second-order valence-electron chi connectivity index (χ2n) is 13.9.